The standard InChI is InChI=1S/C26H36N6O5/c1-26(2,3)37-25(36)20(12-11-18(33)15-29-28)31-24(35)21(30-23(34)10-7-13-27)14-17-16-32(4)22-9-6-5-8-19(17)22/h5-6,8-9,15-16,20-21,28H,7,10-14,27H2,1-4H3,(H-,30,31,34,35)/p+1/t20-,21-/m0/s1. The number of ether oxygens (including phenoxy) is 1. The molecule has 1 aromatic heterocycles. The zero-order valence-electron chi connectivity index (χ0n) is 21.9. The molecule has 0 spiro atoms. The van der Waals surface area contributed by atoms with Crippen LogP contribution in [0, 0.1) is 5.53 Å². The van der Waals surface area contributed by atoms with Gasteiger partial charge in [-0.2, -0.15) is 0 Å². The first kappa shape index (κ1) is 29.4. The number of aryl methyl sites for hydroxylation is 1. The minimum Gasteiger partial charge on any atom is -0.458 e. The highest BCUT2D eigenvalue weighted by atomic mass is 16.6. The van der Waals surface area contributed by atoms with E-state index < -0.39 is 35.3 Å². The highest BCUT2D eigenvalue weighted by molar-refractivity contribution is 6.25. The summed E-state index contributed by atoms with van der Waals surface area (Å²) in [4.78, 5) is 53.7. The Morgan fingerprint density at radius 3 is 2.49 bits per heavy atom. The molecule has 0 fully saturated rings. The third-order valence-corrected chi connectivity index (χ3v) is 5.56. The molecule has 0 aliphatic carbocycles. The predicted molar refractivity (Wildman–Crippen MR) is 138 cm³/mol. The second-order valence-corrected chi connectivity index (χ2v) is 9.86. The van der Waals surface area contributed by atoms with E-state index in [0.717, 1.165) is 22.7 Å². The van der Waals surface area contributed by atoms with Gasteiger partial charge in [0.2, 0.25) is 17.6 Å². The Hall–Kier alpha value is -3.82. The van der Waals surface area contributed by atoms with E-state index in [4.69, 9.17) is 16.0 Å². The Balaban J connectivity index is 2.31. The van der Waals surface area contributed by atoms with Gasteiger partial charge in [-0.05, 0) is 51.8 Å². The molecule has 0 saturated heterocycles. The van der Waals surface area contributed by atoms with Crippen LogP contribution < -0.4 is 16.4 Å². The highest BCUT2D eigenvalue weighted by Gasteiger charge is 2.31. The van der Waals surface area contributed by atoms with Gasteiger partial charge in [-0.25, -0.2) is 4.79 Å². The first-order chi connectivity index (χ1) is 17.4. The SMILES string of the molecule is Cn1cc(C[C@H](NC(=O)CCCN)C(=O)N[C@@H](CCC(=O)C=[N+]=N)C(=O)OC(C)(C)C)c2ccccc21. The van der Waals surface area contributed by atoms with Gasteiger partial charge in [0.05, 0.1) is 10.3 Å². The fourth-order valence-electron chi connectivity index (χ4n) is 3.86. The summed E-state index contributed by atoms with van der Waals surface area (Å²) in [6.45, 7) is 5.43. The minimum atomic E-state index is -1.13. The highest BCUT2D eigenvalue weighted by Crippen LogP contribution is 2.22. The average molecular weight is 514 g/mol. The lowest BCUT2D eigenvalue weighted by Crippen LogP contribution is -2.53. The van der Waals surface area contributed by atoms with Gasteiger partial charge in [0.15, 0.2) is 0 Å². The number of nitrogens with two attached hydrogens (primary N) is 1. The summed E-state index contributed by atoms with van der Waals surface area (Å²) in [5.41, 5.74) is 13.3. The molecule has 0 unspecified atom stereocenters. The summed E-state index contributed by atoms with van der Waals surface area (Å²) in [5.74, 6) is -2.07. The van der Waals surface area contributed by atoms with Crippen LogP contribution in [0.25, 0.3) is 10.9 Å². The summed E-state index contributed by atoms with van der Waals surface area (Å²) in [5, 5.41) is 6.39. The lowest BCUT2D eigenvalue weighted by Gasteiger charge is -2.26. The maximum Gasteiger partial charge on any atom is 0.372 e. The number of aromatic nitrogens is 1. The predicted octanol–water partition coefficient (Wildman–Crippen LogP) is 1.43. The van der Waals surface area contributed by atoms with Crippen molar-refractivity contribution in [2.45, 2.75) is 70.6 Å². The molecule has 1 heterocycles. The van der Waals surface area contributed by atoms with Gasteiger partial charge >= 0.3 is 12.2 Å². The summed E-state index contributed by atoms with van der Waals surface area (Å²) in [6, 6.07) is 5.61. The number of Topliss-reactive ketones (excluding diaryl/α,β-unsaturated/α-hetero) is 1. The maximum absolute atomic E-state index is 13.4. The monoisotopic (exact) mass is 513 g/mol. The van der Waals surface area contributed by atoms with E-state index in [9.17, 15) is 19.2 Å². The van der Waals surface area contributed by atoms with E-state index in [1.807, 2.05) is 42.1 Å². The number of ketones is 1. The van der Waals surface area contributed by atoms with Crippen LogP contribution in [-0.2, 0) is 37.4 Å². The van der Waals surface area contributed by atoms with Crippen LogP contribution in [0.2, 0.25) is 0 Å². The van der Waals surface area contributed by atoms with E-state index in [1.54, 1.807) is 20.8 Å². The molecule has 11 heteroatoms. The van der Waals surface area contributed by atoms with Gasteiger partial charge in [-0.15, -0.1) is 0 Å². The number of nitrogens with one attached hydrogen (secondary N) is 3. The van der Waals surface area contributed by atoms with E-state index in [1.165, 1.54) is 0 Å². The van der Waals surface area contributed by atoms with Gasteiger partial charge < -0.3 is 25.7 Å². The van der Waals surface area contributed by atoms with Crippen LogP contribution in [-0.4, -0.2) is 63.4 Å². The van der Waals surface area contributed by atoms with Crippen molar-refractivity contribution in [2.75, 3.05) is 6.54 Å². The lowest BCUT2D eigenvalue weighted by atomic mass is 10.0. The van der Waals surface area contributed by atoms with Gasteiger partial charge in [-0.3, -0.25) is 14.4 Å². The summed E-state index contributed by atoms with van der Waals surface area (Å²) >= 11 is 0. The molecule has 1 aromatic carbocycles. The molecule has 2 amide bonds. The molecule has 37 heavy (non-hydrogen) atoms. The molecular weight excluding hydrogens is 476 g/mol. The van der Waals surface area contributed by atoms with E-state index in [2.05, 4.69) is 15.4 Å². The fraction of sp³-hybridized carbons (Fsp3) is 0.500. The smallest absolute Gasteiger partial charge is 0.372 e. The van der Waals surface area contributed by atoms with E-state index in [-0.39, 0.29) is 31.6 Å². The van der Waals surface area contributed by atoms with Crippen molar-refractivity contribution in [3.8, 4) is 0 Å². The molecule has 0 bridgehead atoms. The van der Waals surface area contributed by atoms with Crippen LogP contribution in [0.4, 0.5) is 0 Å². The van der Waals surface area contributed by atoms with Gasteiger partial charge in [-0.1, -0.05) is 18.2 Å². The molecule has 0 radical (unpaired) electrons. The first-order valence-electron chi connectivity index (χ1n) is 12.2. The third-order valence-electron chi connectivity index (χ3n) is 5.56. The van der Waals surface area contributed by atoms with Crippen molar-refractivity contribution >= 4 is 40.7 Å². The molecule has 0 saturated carbocycles. The van der Waals surface area contributed by atoms with Gasteiger partial charge in [0.1, 0.15) is 17.7 Å². The number of esters is 1. The molecule has 2 aromatic rings. The van der Waals surface area contributed by atoms with Crippen LogP contribution in [0.3, 0.4) is 0 Å². The Kier molecular flexibility index (Phi) is 10.7. The molecule has 200 valence electrons. The number of carbonyl (C=O) groups is 4. The number of rotatable bonds is 13. The van der Waals surface area contributed by atoms with Crippen LogP contribution in [0.15, 0.2) is 30.5 Å². The van der Waals surface area contributed by atoms with Crippen molar-refractivity contribution in [3.05, 3.63) is 36.0 Å². The number of hydrogen-bond donors (Lipinski definition) is 4. The topological polar surface area (TPSA) is 170 Å². The number of para-hydroxylation sites is 1. The zero-order valence-corrected chi connectivity index (χ0v) is 21.9. The van der Waals surface area contributed by atoms with Crippen LogP contribution in [0.1, 0.15) is 52.0 Å². The lowest BCUT2D eigenvalue weighted by molar-refractivity contribution is -0.159. The molecule has 0 aliphatic rings. The Morgan fingerprint density at radius 1 is 1.14 bits per heavy atom. The van der Waals surface area contributed by atoms with Crippen molar-refractivity contribution in [2.24, 2.45) is 12.8 Å². The van der Waals surface area contributed by atoms with E-state index >= 15 is 0 Å². The second-order valence-electron chi connectivity index (χ2n) is 9.86. The Labute approximate surface area is 216 Å². The van der Waals surface area contributed by atoms with Crippen molar-refractivity contribution in [1.29, 1.82) is 5.53 Å². The maximum atomic E-state index is 13.4. The second kappa shape index (κ2) is 13.5. The van der Waals surface area contributed by atoms with Crippen LogP contribution >= 0.6 is 0 Å². The Bertz CT molecular complexity index is 1180. The summed E-state index contributed by atoms with van der Waals surface area (Å²) < 4.78 is 7.39. The molecular formula is C26H37N6O5+. The summed E-state index contributed by atoms with van der Waals surface area (Å²) in [6.07, 6.45) is 3.39. The largest absolute Gasteiger partial charge is 0.458 e. The van der Waals surface area contributed by atoms with Gasteiger partial charge in [0.25, 0.3) is 0 Å². The molecule has 0 aliphatic heterocycles. The van der Waals surface area contributed by atoms with Gasteiger partial charge in [0, 0.05) is 43.4 Å². The fourth-order valence-corrected chi connectivity index (χ4v) is 3.86. The Morgan fingerprint density at radius 2 is 1.84 bits per heavy atom. The number of fused-ring (bicyclic) bond motifs is 1. The van der Waals surface area contributed by atoms with Crippen LogP contribution in [0.5, 0.6) is 0 Å². The number of hydrogen-bond acceptors (Lipinski definition) is 7. The van der Waals surface area contributed by atoms with Crippen molar-refractivity contribution < 1.29 is 28.7 Å². The van der Waals surface area contributed by atoms with Crippen molar-refractivity contribution in [3.63, 3.8) is 0 Å². The number of nitrogens with zero attached hydrogens (tertiary/aromatic N) is 2. The van der Waals surface area contributed by atoms with Crippen molar-refractivity contribution in [1.82, 2.24) is 15.2 Å². The third kappa shape index (κ3) is 9.29. The normalized spacial score (nSPS) is 12.8. The first-order valence-corrected chi connectivity index (χ1v) is 12.2. The minimum absolute atomic E-state index is 0.0480. The molecule has 2 atom stereocenters. The zero-order chi connectivity index (χ0) is 27.6. The number of carbonyl (C=O) groups excluding carboxylic acids is 4. The van der Waals surface area contributed by atoms with E-state index in [0.29, 0.717) is 13.0 Å². The number of benzene rings is 1. The molecule has 5 N–H and O–H groups in total. The molecule has 2 rings (SSSR count). The molecule has 11 nitrogen and oxygen atoms in total. The summed E-state index contributed by atoms with van der Waals surface area (Å²) in [7, 11) is 1.90. The quantitative estimate of drug-likeness (QED) is 0.137. The number of amides is 2. The average Bonchev–Trinajstić information content (AvgIpc) is 3.14.